The highest BCUT2D eigenvalue weighted by atomic mass is 79.9. The summed E-state index contributed by atoms with van der Waals surface area (Å²) in [6.07, 6.45) is 3.65. The summed E-state index contributed by atoms with van der Waals surface area (Å²) >= 11 is 3.57. The van der Waals surface area contributed by atoms with Gasteiger partial charge in [-0.3, -0.25) is 4.79 Å². The molecule has 0 saturated heterocycles. The van der Waals surface area contributed by atoms with Crippen LogP contribution in [-0.2, 0) is 11.3 Å². The number of rotatable bonds is 4. The SMILES string of the molecule is Cc1ccc(CNC2CCCC(C(=O)O)C2)c(Br)c1. The van der Waals surface area contributed by atoms with Crippen molar-refractivity contribution < 1.29 is 9.90 Å². The van der Waals surface area contributed by atoms with Crippen LogP contribution in [0.5, 0.6) is 0 Å². The van der Waals surface area contributed by atoms with Gasteiger partial charge in [-0.05, 0) is 43.4 Å². The Bertz CT molecular complexity index is 461. The van der Waals surface area contributed by atoms with Gasteiger partial charge < -0.3 is 10.4 Å². The monoisotopic (exact) mass is 325 g/mol. The van der Waals surface area contributed by atoms with Crippen molar-refractivity contribution in [3.63, 3.8) is 0 Å². The molecule has 1 fully saturated rings. The number of hydrogen-bond acceptors (Lipinski definition) is 2. The molecule has 0 aromatic heterocycles. The maximum atomic E-state index is 11.0. The largest absolute Gasteiger partial charge is 0.481 e. The predicted molar refractivity (Wildman–Crippen MR) is 79.1 cm³/mol. The normalized spacial score (nSPS) is 23.3. The first-order valence-electron chi connectivity index (χ1n) is 6.77. The number of carboxylic acid groups (broad SMARTS) is 1. The van der Waals surface area contributed by atoms with Crippen LogP contribution in [0, 0.1) is 12.8 Å². The van der Waals surface area contributed by atoms with Crippen LogP contribution in [0.1, 0.15) is 36.8 Å². The highest BCUT2D eigenvalue weighted by Crippen LogP contribution is 2.25. The quantitative estimate of drug-likeness (QED) is 0.890. The molecule has 0 radical (unpaired) electrons. The fourth-order valence-electron chi connectivity index (χ4n) is 2.65. The fourth-order valence-corrected chi connectivity index (χ4v) is 3.28. The molecular formula is C15H20BrNO2. The smallest absolute Gasteiger partial charge is 0.306 e. The van der Waals surface area contributed by atoms with Gasteiger partial charge in [0.1, 0.15) is 0 Å². The van der Waals surface area contributed by atoms with Crippen LogP contribution < -0.4 is 5.32 Å². The first-order chi connectivity index (χ1) is 9.06. The molecule has 19 heavy (non-hydrogen) atoms. The first-order valence-corrected chi connectivity index (χ1v) is 7.57. The zero-order valence-electron chi connectivity index (χ0n) is 11.2. The Morgan fingerprint density at radius 1 is 1.47 bits per heavy atom. The molecule has 1 aliphatic carbocycles. The van der Waals surface area contributed by atoms with Crippen molar-refractivity contribution in [1.29, 1.82) is 0 Å². The van der Waals surface area contributed by atoms with Gasteiger partial charge in [-0.25, -0.2) is 0 Å². The van der Waals surface area contributed by atoms with Gasteiger partial charge >= 0.3 is 5.97 Å². The Morgan fingerprint density at radius 2 is 2.26 bits per heavy atom. The lowest BCUT2D eigenvalue weighted by molar-refractivity contribution is -0.143. The average molecular weight is 326 g/mol. The molecule has 1 aliphatic rings. The van der Waals surface area contributed by atoms with E-state index in [1.165, 1.54) is 11.1 Å². The van der Waals surface area contributed by atoms with Crippen LogP contribution in [0.3, 0.4) is 0 Å². The lowest BCUT2D eigenvalue weighted by atomic mass is 9.86. The molecule has 0 heterocycles. The molecule has 2 atom stereocenters. The Kier molecular flexibility index (Phi) is 4.99. The van der Waals surface area contributed by atoms with E-state index in [1.807, 2.05) is 0 Å². The fraction of sp³-hybridized carbons (Fsp3) is 0.533. The van der Waals surface area contributed by atoms with E-state index in [2.05, 4.69) is 46.4 Å². The van der Waals surface area contributed by atoms with Crippen LogP contribution in [0.25, 0.3) is 0 Å². The lowest BCUT2D eigenvalue weighted by Crippen LogP contribution is -2.36. The number of nitrogens with one attached hydrogen (secondary N) is 1. The lowest BCUT2D eigenvalue weighted by Gasteiger charge is -2.27. The minimum Gasteiger partial charge on any atom is -0.481 e. The average Bonchev–Trinajstić information content (AvgIpc) is 2.38. The van der Waals surface area contributed by atoms with Crippen molar-refractivity contribution >= 4 is 21.9 Å². The first kappa shape index (κ1) is 14.5. The van der Waals surface area contributed by atoms with Crippen molar-refractivity contribution in [1.82, 2.24) is 5.32 Å². The summed E-state index contributed by atoms with van der Waals surface area (Å²) in [6, 6.07) is 6.65. The summed E-state index contributed by atoms with van der Waals surface area (Å²) < 4.78 is 1.12. The number of hydrogen-bond donors (Lipinski definition) is 2. The predicted octanol–water partition coefficient (Wildman–Crippen LogP) is 3.49. The Balaban J connectivity index is 1.89. The molecule has 2 rings (SSSR count). The Hall–Kier alpha value is -0.870. The molecule has 0 amide bonds. The van der Waals surface area contributed by atoms with Gasteiger partial charge in [-0.2, -0.15) is 0 Å². The summed E-state index contributed by atoms with van der Waals surface area (Å²) in [6.45, 7) is 2.86. The number of aliphatic carboxylic acids is 1. The highest BCUT2D eigenvalue weighted by Gasteiger charge is 2.26. The van der Waals surface area contributed by atoms with E-state index in [0.29, 0.717) is 6.04 Å². The third-order valence-electron chi connectivity index (χ3n) is 3.81. The van der Waals surface area contributed by atoms with Gasteiger partial charge in [0, 0.05) is 17.1 Å². The molecule has 0 spiro atoms. The number of halogens is 1. The van der Waals surface area contributed by atoms with Crippen LogP contribution in [-0.4, -0.2) is 17.1 Å². The minimum absolute atomic E-state index is 0.173. The van der Waals surface area contributed by atoms with Crippen molar-refractivity contribution in [3.05, 3.63) is 33.8 Å². The summed E-state index contributed by atoms with van der Waals surface area (Å²) in [7, 11) is 0. The van der Waals surface area contributed by atoms with Crippen LogP contribution in [0.2, 0.25) is 0 Å². The molecule has 4 heteroatoms. The maximum Gasteiger partial charge on any atom is 0.306 e. The van der Waals surface area contributed by atoms with Crippen LogP contribution in [0.4, 0.5) is 0 Å². The van der Waals surface area contributed by atoms with Crippen molar-refractivity contribution in [2.75, 3.05) is 0 Å². The molecule has 0 aliphatic heterocycles. The number of benzene rings is 1. The summed E-state index contributed by atoms with van der Waals surface area (Å²) in [5.74, 6) is -0.823. The second kappa shape index (κ2) is 6.53. The zero-order valence-corrected chi connectivity index (χ0v) is 12.7. The molecule has 0 bridgehead atoms. The summed E-state index contributed by atoms with van der Waals surface area (Å²) in [5, 5.41) is 12.6. The molecule has 1 aromatic rings. The second-order valence-electron chi connectivity index (χ2n) is 5.37. The van der Waals surface area contributed by atoms with Gasteiger partial charge in [-0.1, -0.05) is 34.5 Å². The number of aryl methyl sites for hydroxylation is 1. The Morgan fingerprint density at radius 3 is 2.95 bits per heavy atom. The summed E-state index contributed by atoms with van der Waals surface area (Å²) in [5.41, 5.74) is 2.46. The van der Waals surface area contributed by atoms with Gasteiger partial charge in [0.2, 0.25) is 0 Å². The number of carboxylic acids is 1. The standard InChI is InChI=1S/C15H20BrNO2/c1-10-5-6-12(14(16)7-10)9-17-13-4-2-3-11(8-13)15(18)19/h5-7,11,13,17H,2-4,8-9H2,1H3,(H,18,19). The van der Waals surface area contributed by atoms with Gasteiger partial charge in [0.05, 0.1) is 5.92 Å². The molecule has 2 N–H and O–H groups in total. The zero-order chi connectivity index (χ0) is 13.8. The van der Waals surface area contributed by atoms with E-state index in [0.717, 1.165) is 36.7 Å². The van der Waals surface area contributed by atoms with Crippen molar-refractivity contribution in [3.8, 4) is 0 Å². The number of carbonyl (C=O) groups is 1. The van der Waals surface area contributed by atoms with E-state index in [4.69, 9.17) is 5.11 Å². The highest BCUT2D eigenvalue weighted by molar-refractivity contribution is 9.10. The second-order valence-corrected chi connectivity index (χ2v) is 6.23. The van der Waals surface area contributed by atoms with E-state index in [-0.39, 0.29) is 5.92 Å². The van der Waals surface area contributed by atoms with Gasteiger partial charge in [0.25, 0.3) is 0 Å². The van der Waals surface area contributed by atoms with Gasteiger partial charge in [0.15, 0.2) is 0 Å². The Labute approximate surface area is 122 Å². The van der Waals surface area contributed by atoms with Gasteiger partial charge in [-0.15, -0.1) is 0 Å². The molecule has 2 unspecified atom stereocenters. The van der Waals surface area contributed by atoms with E-state index < -0.39 is 5.97 Å². The van der Waals surface area contributed by atoms with Crippen LogP contribution >= 0.6 is 15.9 Å². The molecular weight excluding hydrogens is 306 g/mol. The summed E-state index contributed by atoms with van der Waals surface area (Å²) in [4.78, 5) is 11.0. The molecule has 3 nitrogen and oxygen atoms in total. The van der Waals surface area contributed by atoms with E-state index in [1.54, 1.807) is 0 Å². The third-order valence-corrected chi connectivity index (χ3v) is 4.55. The van der Waals surface area contributed by atoms with E-state index in [9.17, 15) is 4.79 Å². The molecule has 104 valence electrons. The minimum atomic E-state index is -0.650. The molecule has 1 saturated carbocycles. The molecule has 1 aromatic carbocycles. The third kappa shape index (κ3) is 4.05. The van der Waals surface area contributed by atoms with E-state index >= 15 is 0 Å². The van der Waals surface area contributed by atoms with Crippen LogP contribution in [0.15, 0.2) is 22.7 Å². The topological polar surface area (TPSA) is 49.3 Å². The maximum absolute atomic E-state index is 11.0. The van der Waals surface area contributed by atoms with Crippen molar-refractivity contribution in [2.24, 2.45) is 5.92 Å². The van der Waals surface area contributed by atoms with Crippen molar-refractivity contribution in [2.45, 2.75) is 45.2 Å².